The summed E-state index contributed by atoms with van der Waals surface area (Å²) in [6.07, 6.45) is -0.543. The molecule has 0 saturated carbocycles. The van der Waals surface area contributed by atoms with Gasteiger partial charge in [-0.3, -0.25) is 0 Å². The molecular weight excluding hydrogens is 202 g/mol. The molecule has 16 heavy (non-hydrogen) atoms. The molecule has 0 bridgehead atoms. The van der Waals surface area contributed by atoms with E-state index in [2.05, 4.69) is 5.32 Å². The third kappa shape index (κ3) is 1.34. The van der Waals surface area contributed by atoms with E-state index in [0.29, 0.717) is 11.4 Å². The number of fused-ring (bicyclic) bond motifs is 1. The van der Waals surface area contributed by atoms with Crippen molar-refractivity contribution in [3.63, 3.8) is 0 Å². The number of ether oxygens (including phenoxy) is 1. The monoisotopic (exact) mass is 210 g/mol. The standard InChI is InChI=1S/C13H8NO2/c15-13-14-12-10(7-4-8-11(12)16-13)9-5-2-1-3-6-9/h1-8H. The van der Waals surface area contributed by atoms with E-state index in [1.807, 2.05) is 42.5 Å². The average molecular weight is 210 g/mol. The first-order valence-corrected chi connectivity index (χ1v) is 4.96. The molecule has 3 heteroatoms. The number of rotatable bonds is 1. The maximum absolute atomic E-state index is 11.1. The highest BCUT2D eigenvalue weighted by Crippen LogP contribution is 2.39. The molecule has 0 spiro atoms. The van der Waals surface area contributed by atoms with Crippen molar-refractivity contribution in [3.05, 3.63) is 48.5 Å². The first-order chi connectivity index (χ1) is 7.84. The van der Waals surface area contributed by atoms with Gasteiger partial charge >= 0.3 is 6.09 Å². The highest BCUT2D eigenvalue weighted by Gasteiger charge is 2.24. The predicted octanol–water partition coefficient (Wildman–Crippen LogP) is 3.10. The van der Waals surface area contributed by atoms with Crippen LogP contribution in [0.2, 0.25) is 0 Å². The van der Waals surface area contributed by atoms with Crippen molar-refractivity contribution in [3.8, 4) is 16.9 Å². The second-order valence-electron chi connectivity index (χ2n) is 3.50. The molecule has 1 amide bonds. The minimum absolute atomic E-state index is 0.534. The van der Waals surface area contributed by atoms with E-state index in [4.69, 9.17) is 4.74 Å². The van der Waals surface area contributed by atoms with Crippen LogP contribution in [-0.2, 0) is 0 Å². The summed E-state index contributed by atoms with van der Waals surface area (Å²) in [4.78, 5) is 11.1. The summed E-state index contributed by atoms with van der Waals surface area (Å²) in [5.41, 5.74) is 2.57. The Morgan fingerprint density at radius 1 is 0.938 bits per heavy atom. The molecule has 0 aliphatic carbocycles. The van der Waals surface area contributed by atoms with E-state index in [-0.39, 0.29) is 0 Å². The van der Waals surface area contributed by atoms with E-state index in [1.54, 1.807) is 6.07 Å². The van der Waals surface area contributed by atoms with Crippen molar-refractivity contribution >= 4 is 11.8 Å². The molecule has 2 aromatic rings. The lowest BCUT2D eigenvalue weighted by molar-refractivity contribution is 0.211. The smallest absolute Gasteiger partial charge is 0.406 e. The Labute approximate surface area is 92.7 Å². The van der Waals surface area contributed by atoms with Gasteiger partial charge in [0.05, 0.1) is 0 Å². The van der Waals surface area contributed by atoms with Gasteiger partial charge < -0.3 is 4.74 Å². The zero-order chi connectivity index (χ0) is 11.0. The van der Waals surface area contributed by atoms with Crippen molar-refractivity contribution in [2.45, 2.75) is 0 Å². The normalized spacial score (nSPS) is 12.9. The molecule has 1 radical (unpaired) electrons. The maximum Gasteiger partial charge on any atom is 0.439 e. The minimum Gasteiger partial charge on any atom is -0.406 e. The van der Waals surface area contributed by atoms with Crippen LogP contribution < -0.4 is 10.1 Å². The van der Waals surface area contributed by atoms with Crippen molar-refractivity contribution in [1.82, 2.24) is 5.32 Å². The summed E-state index contributed by atoms with van der Waals surface area (Å²) in [5, 5.41) is 3.87. The van der Waals surface area contributed by atoms with Crippen LogP contribution in [0.15, 0.2) is 48.5 Å². The first-order valence-electron chi connectivity index (χ1n) is 4.96. The number of carbonyl (C=O) groups is 1. The van der Waals surface area contributed by atoms with Crippen LogP contribution in [0, 0.1) is 0 Å². The van der Waals surface area contributed by atoms with E-state index in [9.17, 15) is 4.79 Å². The third-order valence-corrected chi connectivity index (χ3v) is 2.48. The molecule has 0 aromatic heterocycles. The number of hydrogen-bond donors (Lipinski definition) is 0. The van der Waals surface area contributed by atoms with Crippen molar-refractivity contribution in [2.24, 2.45) is 0 Å². The largest absolute Gasteiger partial charge is 0.439 e. The summed E-state index contributed by atoms with van der Waals surface area (Å²) in [6.45, 7) is 0. The van der Waals surface area contributed by atoms with Gasteiger partial charge in [0, 0.05) is 5.56 Å². The summed E-state index contributed by atoms with van der Waals surface area (Å²) in [5.74, 6) is 0.534. The fourth-order valence-electron chi connectivity index (χ4n) is 1.78. The number of hydrogen-bond acceptors (Lipinski definition) is 2. The van der Waals surface area contributed by atoms with Gasteiger partial charge in [0.2, 0.25) is 0 Å². The van der Waals surface area contributed by atoms with Crippen LogP contribution >= 0.6 is 0 Å². The predicted molar refractivity (Wildman–Crippen MR) is 59.7 cm³/mol. The highest BCUT2D eigenvalue weighted by atomic mass is 16.6. The lowest BCUT2D eigenvalue weighted by Gasteiger charge is -2.04. The van der Waals surface area contributed by atoms with Crippen molar-refractivity contribution in [1.29, 1.82) is 0 Å². The van der Waals surface area contributed by atoms with Crippen LogP contribution in [0.4, 0.5) is 10.5 Å². The van der Waals surface area contributed by atoms with Crippen LogP contribution in [-0.4, -0.2) is 6.09 Å². The first kappa shape index (κ1) is 8.97. The van der Waals surface area contributed by atoms with Crippen molar-refractivity contribution in [2.75, 3.05) is 0 Å². The molecule has 0 saturated heterocycles. The molecule has 0 atom stereocenters. The van der Waals surface area contributed by atoms with Crippen LogP contribution in [0.1, 0.15) is 0 Å². The van der Waals surface area contributed by atoms with E-state index in [1.165, 1.54) is 0 Å². The lowest BCUT2D eigenvalue weighted by atomic mass is 10.0. The average Bonchev–Trinajstić information content (AvgIpc) is 2.70. The Bertz CT molecular complexity index is 549. The zero-order valence-electron chi connectivity index (χ0n) is 8.38. The second-order valence-corrected chi connectivity index (χ2v) is 3.50. The number of benzene rings is 2. The van der Waals surface area contributed by atoms with Gasteiger partial charge in [-0.1, -0.05) is 42.5 Å². The molecule has 0 fully saturated rings. The van der Waals surface area contributed by atoms with Crippen LogP contribution in [0.3, 0.4) is 0 Å². The molecule has 77 valence electrons. The van der Waals surface area contributed by atoms with Crippen LogP contribution in [0.25, 0.3) is 11.1 Å². The molecular formula is C13H8NO2. The Morgan fingerprint density at radius 2 is 1.75 bits per heavy atom. The zero-order valence-corrected chi connectivity index (χ0v) is 8.38. The lowest BCUT2D eigenvalue weighted by Crippen LogP contribution is -2.06. The summed E-state index contributed by atoms with van der Waals surface area (Å²) in [7, 11) is 0. The molecule has 1 heterocycles. The number of amides is 1. The fourth-order valence-corrected chi connectivity index (χ4v) is 1.78. The molecule has 3 nitrogen and oxygen atoms in total. The van der Waals surface area contributed by atoms with Gasteiger partial charge in [0.1, 0.15) is 5.69 Å². The molecule has 2 aromatic carbocycles. The van der Waals surface area contributed by atoms with Gasteiger partial charge in [0.25, 0.3) is 0 Å². The Hall–Kier alpha value is -2.29. The van der Waals surface area contributed by atoms with Gasteiger partial charge in [-0.2, -0.15) is 5.32 Å². The van der Waals surface area contributed by atoms with E-state index in [0.717, 1.165) is 11.1 Å². The van der Waals surface area contributed by atoms with Crippen LogP contribution in [0.5, 0.6) is 5.75 Å². The maximum atomic E-state index is 11.1. The van der Waals surface area contributed by atoms with Gasteiger partial charge in [-0.25, -0.2) is 4.79 Å². The van der Waals surface area contributed by atoms with Gasteiger partial charge in [-0.15, -0.1) is 0 Å². The number of carbonyl (C=O) groups excluding carboxylic acids is 1. The number of nitrogens with zero attached hydrogens (tertiary/aromatic N) is 1. The molecule has 1 aliphatic rings. The fraction of sp³-hybridized carbons (Fsp3) is 0. The van der Waals surface area contributed by atoms with Gasteiger partial charge in [-0.05, 0) is 11.6 Å². The molecule has 0 N–H and O–H groups in total. The summed E-state index contributed by atoms with van der Waals surface area (Å²) >= 11 is 0. The van der Waals surface area contributed by atoms with Crippen molar-refractivity contribution < 1.29 is 9.53 Å². The summed E-state index contributed by atoms with van der Waals surface area (Å²) < 4.78 is 4.96. The quantitative estimate of drug-likeness (QED) is 0.725. The molecule has 3 rings (SSSR count). The molecule has 0 unspecified atom stereocenters. The minimum atomic E-state index is -0.543. The third-order valence-electron chi connectivity index (χ3n) is 2.48. The van der Waals surface area contributed by atoms with Gasteiger partial charge in [0.15, 0.2) is 5.75 Å². The highest BCUT2D eigenvalue weighted by molar-refractivity contribution is 5.92. The topological polar surface area (TPSA) is 40.4 Å². The molecule has 1 aliphatic heterocycles. The summed E-state index contributed by atoms with van der Waals surface area (Å²) in [6, 6.07) is 15.3. The van der Waals surface area contributed by atoms with E-state index < -0.39 is 6.09 Å². The Kier molecular flexibility index (Phi) is 1.90. The Morgan fingerprint density at radius 3 is 2.56 bits per heavy atom. The number of para-hydroxylation sites is 1. The SMILES string of the molecule is O=C1[N]c2c(cccc2-c2ccccc2)O1. The second kappa shape index (κ2) is 3.38. The Balaban J connectivity index is 2.17. The van der Waals surface area contributed by atoms with E-state index >= 15 is 0 Å².